The van der Waals surface area contributed by atoms with Crippen LogP contribution in [-0.2, 0) is 4.79 Å². The average molecular weight is 268 g/mol. The lowest BCUT2D eigenvalue weighted by atomic mass is 9.71. The lowest BCUT2D eigenvalue weighted by Crippen LogP contribution is -2.47. The van der Waals surface area contributed by atoms with Crippen LogP contribution < -0.4 is 0 Å². The smallest absolute Gasteiger partial charge is 0.219 e. The highest BCUT2D eigenvalue weighted by Crippen LogP contribution is 2.41. The number of hydrogen-bond donors (Lipinski definition) is 0. The molecule has 3 nitrogen and oxygen atoms in total. The Hall–Kier alpha value is -0.570. The third-order valence-corrected chi connectivity index (χ3v) is 4.73. The molecule has 2 heterocycles. The summed E-state index contributed by atoms with van der Waals surface area (Å²) in [7, 11) is 0. The van der Waals surface area contributed by atoms with E-state index in [0.29, 0.717) is 5.41 Å². The lowest BCUT2D eigenvalue weighted by molar-refractivity contribution is -0.131. The number of amides is 1. The summed E-state index contributed by atoms with van der Waals surface area (Å²) in [6.07, 6.45) is 6.42. The Balaban J connectivity index is 0.000000861. The minimum Gasteiger partial charge on any atom is -0.343 e. The molecule has 2 aliphatic heterocycles. The molecule has 0 atom stereocenters. The molecule has 0 unspecified atom stereocenters. The van der Waals surface area contributed by atoms with Crippen molar-refractivity contribution in [3.63, 3.8) is 0 Å². The van der Waals surface area contributed by atoms with Gasteiger partial charge in [0.05, 0.1) is 0 Å². The molecule has 1 spiro atoms. The molecule has 0 N–H and O–H groups in total. The predicted octanol–water partition coefficient (Wildman–Crippen LogP) is 3.15. The van der Waals surface area contributed by atoms with Crippen molar-refractivity contribution in [3.05, 3.63) is 0 Å². The molecule has 0 bridgehead atoms. The van der Waals surface area contributed by atoms with Gasteiger partial charge in [0.15, 0.2) is 0 Å². The first-order chi connectivity index (χ1) is 9.15. The highest BCUT2D eigenvalue weighted by molar-refractivity contribution is 5.73. The standard InChI is InChI=1S/C14H26N2O.C2H6/c1-3-8-15-9-4-14(5-10-15)6-11-16(12-7-14)13(2)17;1-2/h3-12H2,1-2H3;1-2H3. The molecular weight excluding hydrogens is 236 g/mol. The SMILES string of the molecule is CC.CCCN1CCC2(CC1)CCN(C(C)=O)CC2. The Morgan fingerprint density at radius 1 is 1.00 bits per heavy atom. The summed E-state index contributed by atoms with van der Waals surface area (Å²) in [5, 5.41) is 0. The van der Waals surface area contributed by atoms with Crippen molar-refractivity contribution in [2.45, 2.75) is 59.8 Å². The molecule has 2 fully saturated rings. The van der Waals surface area contributed by atoms with Gasteiger partial charge in [-0.2, -0.15) is 0 Å². The van der Waals surface area contributed by atoms with Gasteiger partial charge in [0.25, 0.3) is 0 Å². The van der Waals surface area contributed by atoms with Gasteiger partial charge in [0.2, 0.25) is 5.91 Å². The van der Waals surface area contributed by atoms with Gasteiger partial charge in [-0.3, -0.25) is 4.79 Å². The van der Waals surface area contributed by atoms with Crippen molar-refractivity contribution in [3.8, 4) is 0 Å². The first kappa shape index (κ1) is 16.5. The van der Waals surface area contributed by atoms with E-state index in [2.05, 4.69) is 11.8 Å². The molecule has 0 saturated carbocycles. The maximum atomic E-state index is 11.3. The normalized spacial score (nSPS) is 22.8. The van der Waals surface area contributed by atoms with Gasteiger partial charge in [-0.25, -0.2) is 0 Å². The summed E-state index contributed by atoms with van der Waals surface area (Å²) in [6, 6.07) is 0. The molecule has 1 amide bonds. The minimum absolute atomic E-state index is 0.253. The van der Waals surface area contributed by atoms with Gasteiger partial charge in [0.1, 0.15) is 0 Å². The molecule has 112 valence electrons. The van der Waals surface area contributed by atoms with E-state index in [9.17, 15) is 4.79 Å². The summed E-state index contributed by atoms with van der Waals surface area (Å²) in [5.41, 5.74) is 0.566. The zero-order valence-electron chi connectivity index (χ0n) is 13.4. The van der Waals surface area contributed by atoms with Gasteiger partial charge in [-0.15, -0.1) is 0 Å². The summed E-state index contributed by atoms with van der Waals surface area (Å²) in [6.45, 7) is 13.7. The second-order valence-corrected chi connectivity index (χ2v) is 5.85. The minimum atomic E-state index is 0.253. The van der Waals surface area contributed by atoms with E-state index in [1.54, 1.807) is 6.92 Å². The Morgan fingerprint density at radius 3 is 1.89 bits per heavy atom. The van der Waals surface area contributed by atoms with Gasteiger partial charge in [0, 0.05) is 20.0 Å². The highest BCUT2D eigenvalue weighted by atomic mass is 16.2. The van der Waals surface area contributed by atoms with E-state index >= 15 is 0 Å². The van der Waals surface area contributed by atoms with Crippen LogP contribution in [-0.4, -0.2) is 48.4 Å². The average Bonchev–Trinajstić information content (AvgIpc) is 2.45. The molecule has 2 aliphatic rings. The van der Waals surface area contributed by atoms with Gasteiger partial charge in [-0.05, 0) is 57.2 Å². The van der Waals surface area contributed by atoms with Crippen molar-refractivity contribution in [2.75, 3.05) is 32.7 Å². The molecule has 0 aromatic rings. The van der Waals surface area contributed by atoms with Crippen LogP contribution in [0.1, 0.15) is 59.8 Å². The molecule has 0 radical (unpaired) electrons. The monoisotopic (exact) mass is 268 g/mol. The van der Waals surface area contributed by atoms with Crippen molar-refractivity contribution >= 4 is 5.91 Å². The Bertz CT molecular complexity index is 260. The third kappa shape index (κ3) is 4.48. The number of carbonyl (C=O) groups is 1. The van der Waals surface area contributed by atoms with Gasteiger partial charge >= 0.3 is 0 Å². The molecule has 3 heteroatoms. The van der Waals surface area contributed by atoms with Crippen molar-refractivity contribution < 1.29 is 4.79 Å². The van der Waals surface area contributed by atoms with Crippen LogP contribution in [0.4, 0.5) is 0 Å². The predicted molar refractivity (Wildman–Crippen MR) is 81.2 cm³/mol. The van der Waals surface area contributed by atoms with Gasteiger partial charge in [-0.1, -0.05) is 20.8 Å². The Kier molecular flexibility index (Phi) is 6.84. The molecule has 19 heavy (non-hydrogen) atoms. The van der Waals surface area contributed by atoms with Crippen molar-refractivity contribution in [1.82, 2.24) is 9.80 Å². The highest BCUT2D eigenvalue weighted by Gasteiger charge is 2.37. The fraction of sp³-hybridized carbons (Fsp3) is 0.938. The zero-order chi connectivity index (χ0) is 14.3. The van der Waals surface area contributed by atoms with E-state index in [4.69, 9.17) is 0 Å². The van der Waals surface area contributed by atoms with Crippen LogP contribution >= 0.6 is 0 Å². The summed E-state index contributed by atoms with van der Waals surface area (Å²) in [5.74, 6) is 0.253. The van der Waals surface area contributed by atoms with Crippen molar-refractivity contribution in [2.24, 2.45) is 5.41 Å². The lowest BCUT2D eigenvalue weighted by Gasteiger charge is -2.46. The van der Waals surface area contributed by atoms with Crippen LogP contribution in [0.15, 0.2) is 0 Å². The summed E-state index contributed by atoms with van der Waals surface area (Å²) in [4.78, 5) is 15.9. The summed E-state index contributed by atoms with van der Waals surface area (Å²) >= 11 is 0. The van der Waals surface area contributed by atoms with E-state index in [1.165, 1.54) is 51.7 Å². The number of piperidine rings is 2. The number of hydrogen-bond acceptors (Lipinski definition) is 2. The Labute approximate surface area is 119 Å². The maximum absolute atomic E-state index is 11.3. The molecule has 2 rings (SSSR count). The van der Waals surface area contributed by atoms with Crippen LogP contribution in [0.3, 0.4) is 0 Å². The Morgan fingerprint density at radius 2 is 1.47 bits per heavy atom. The van der Waals surface area contributed by atoms with Crippen molar-refractivity contribution in [1.29, 1.82) is 0 Å². The summed E-state index contributed by atoms with van der Waals surface area (Å²) < 4.78 is 0. The third-order valence-electron chi connectivity index (χ3n) is 4.73. The number of nitrogens with zero attached hydrogens (tertiary/aromatic N) is 2. The topological polar surface area (TPSA) is 23.6 Å². The quantitative estimate of drug-likeness (QED) is 0.768. The second-order valence-electron chi connectivity index (χ2n) is 5.85. The van der Waals surface area contributed by atoms with E-state index in [1.807, 2.05) is 18.7 Å². The molecule has 0 aromatic carbocycles. The van der Waals surface area contributed by atoms with E-state index in [-0.39, 0.29) is 5.91 Å². The molecule has 0 aliphatic carbocycles. The maximum Gasteiger partial charge on any atom is 0.219 e. The number of rotatable bonds is 2. The first-order valence-corrected chi connectivity index (χ1v) is 8.13. The number of carbonyl (C=O) groups excluding carboxylic acids is 1. The molecule has 0 aromatic heterocycles. The zero-order valence-corrected chi connectivity index (χ0v) is 13.4. The van der Waals surface area contributed by atoms with Crippen LogP contribution in [0.25, 0.3) is 0 Å². The first-order valence-electron chi connectivity index (χ1n) is 8.13. The second kappa shape index (κ2) is 7.88. The molecule has 2 saturated heterocycles. The van der Waals surface area contributed by atoms with Crippen LogP contribution in [0, 0.1) is 5.41 Å². The van der Waals surface area contributed by atoms with Gasteiger partial charge < -0.3 is 9.80 Å². The molecular formula is C16H32N2O. The van der Waals surface area contributed by atoms with E-state index in [0.717, 1.165) is 13.1 Å². The van der Waals surface area contributed by atoms with Crippen LogP contribution in [0.5, 0.6) is 0 Å². The largest absolute Gasteiger partial charge is 0.343 e. The van der Waals surface area contributed by atoms with E-state index < -0.39 is 0 Å². The number of likely N-dealkylation sites (tertiary alicyclic amines) is 2. The fourth-order valence-corrected chi connectivity index (χ4v) is 3.36. The fourth-order valence-electron chi connectivity index (χ4n) is 3.36. The van der Waals surface area contributed by atoms with Crippen LogP contribution in [0.2, 0.25) is 0 Å².